The average molecular weight is 272 g/mol. The van der Waals surface area contributed by atoms with Gasteiger partial charge in [0.2, 0.25) is 0 Å². The van der Waals surface area contributed by atoms with Crippen LogP contribution in [0.4, 0.5) is 5.69 Å². The van der Waals surface area contributed by atoms with E-state index in [9.17, 15) is 4.79 Å². The molecule has 6 nitrogen and oxygen atoms in total. The fourth-order valence-electron chi connectivity index (χ4n) is 1.83. The zero-order valence-corrected chi connectivity index (χ0v) is 11.4. The molecule has 0 unspecified atom stereocenters. The Hall–Kier alpha value is -2.63. The van der Waals surface area contributed by atoms with Crippen LogP contribution in [0.5, 0.6) is 5.75 Å². The minimum atomic E-state index is -0.259. The predicted molar refractivity (Wildman–Crippen MR) is 75.3 cm³/mol. The van der Waals surface area contributed by atoms with Crippen LogP contribution in [-0.4, -0.2) is 23.0 Å². The summed E-state index contributed by atoms with van der Waals surface area (Å²) in [5, 5.41) is 2.78. The minimum Gasteiger partial charge on any atom is -0.494 e. The fourth-order valence-corrected chi connectivity index (χ4v) is 1.83. The number of para-hydroxylation sites is 1. The van der Waals surface area contributed by atoms with Gasteiger partial charge in [-0.05, 0) is 25.1 Å². The molecular weight excluding hydrogens is 256 g/mol. The zero-order chi connectivity index (χ0) is 14.5. The Kier molecular flexibility index (Phi) is 4.14. The number of ether oxygens (including phenoxy) is 1. The number of rotatable bonds is 4. The van der Waals surface area contributed by atoms with Crippen molar-refractivity contribution in [2.45, 2.75) is 13.5 Å². The summed E-state index contributed by atoms with van der Waals surface area (Å²) in [7, 11) is 1.48. The van der Waals surface area contributed by atoms with Crippen LogP contribution in [0.25, 0.3) is 0 Å². The molecule has 1 aromatic heterocycles. The van der Waals surface area contributed by atoms with Gasteiger partial charge in [-0.3, -0.25) is 4.79 Å². The number of amides is 1. The van der Waals surface area contributed by atoms with E-state index in [1.54, 1.807) is 37.4 Å². The van der Waals surface area contributed by atoms with Gasteiger partial charge >= 0.3 is 0 Å². The molecule has 0 aliphatic rings. The molecular formula is C14H16N4O2. The number of hydrogen-bond acceptors (Lipinski definition) is 5. The number of aromatic nitrogens is 2. The molecule has 0 bridgehead atoms. The van der Waals surface area contributed by atoms with Crippen molar-refractivity contribution in [1.82, 2.24) is 15.3 Å². The van der Waals surface area contributed by atoms with Gasteiger partial charge in [-0.2, -0.15) is 0 Å². The van der Waals surface area contributed by atoms with Crippen molar-refractivity contribution in [2.24, 2.45) is 0 Å². The molecule has 0 radical (unpaired) electrons. The van der Waals surface area contributed by atoms with Crippen molar-refractivity contribution in [3.05, 3.63) is 47.5 Å². The number of methoxy groups -OCH3 is 1. The quantitative estimate of drug-likeness (QED) is 0.819. The van der Waals surface area contributed by atoms with Gasteiger partial charge in [0.15, 0.2) is 5.75 Å². The highest BCUT2D eigenvalue weighted by Gasteiger charge is 2.14. The number of nitrogens with two attached hydrogens (primary N) is 1. The highest BCUT2D eigenvalue weighted by Crippen LogP contribution is 2.25. The molecule has 0 atom stereocenters. The first-order valence-corrected chi connectivity index (χ1v) is 6.11. The molecule has 0 aliphatic carbocycles. The second-order valence-corrected chi connectivity index (χ2v) is 4.21. The molecule has 0 spiro atoms. The number of anilines is 1. The van der Waals surface area contributed by atoms with E-state index in [-0.39, 0.29) is 5.91 Å². The van der Waals surface area contributed by atoms with Crippen molar-refractivity contribution < 1.29 is 9.53 Å². The summed E-state index contributed by atoms with van der Waals surface area (Å²) in [4.78, 5) is 20.4. The first-order valence-electron chi connectivity index (χ1n) is 6.11. The topological polar surface area (TPSA) is 90.1 Å². The van der Waals surface area contributed by atoms with Crippen LogP contribution in [0.15, 0.2) is 30.5 Å². The van der Waals surface area contributed by atoms with E-state index in [1.807, 2.05) is 0 Å². The Balaban J connectivity index is 2.11. The number of carbonyl (C=O) groups excluding carboxylic acids is 1. The fraction of sp³-hybridized carbons (Fsp3) is 0.214. The van der Waals surface area contributed by atoms with E-state index in [4.69, 9.17) is 10.5 Å². The number of hydrogen-bond donors (Lipinski definition) is 2. The average Bonchev–Trinajstić information content (AvgIpc) is 2.44. The van der Waals surface area contributed by atoms with Gasteiger partial charge < -0.3 is 15.8 Å². The number of aryl methyl sites for hydroxylation is 1. The normalized spacial score (nSPS) is 10.1. The summed E-state index contributed by atoms with van der Waals surface area (Å²) in [5.74, 6) is 0.785. The lowest BCUT2D eigenvalue weighted by atomic mass is 10.1. The standard InChI is InChI=1S/C14H16N4O2/c1-9-16-7-6-10(18-9)8-17-14(19)11-4-3-5-12(15)13(11)20-2/h3-7H,8,15H2,1-2H3,(H,17,19). The molecule has 3 N–H and O–H groups in total. The highest BCUT2D eigenvalue weighted by atomic mass is 16.5. The van der Waals surface area contributed by atoms with Crippen molar-refractivity contribution in [3.63, 3.8) is 0 Å². The highest BCUT2D eigenvalue weighted by molar-refractivity contribution is 5.98. The second kappa shape index (κ2) is 6.01. The molecule has 1 aromatic carbocycles. The van der Waals surface area contributed by atoms with Crippen molar-refractivity contribution in [1.29, 1.82) is 0 Å². The molecule has 0 saturated carbocycles. The van der Waals surface area contributed by atoms with E-state index < -0.39 is 0 Å². The molecule has 0 aliphatic heterocycles. The van der Waals surface area contributed by atoms with Gasteiger partial charge in [0.1, 0.15) is 5.82 Å². The summed E-state index contributed by atoms with van der Waals surface area (Å²) in [6, 6.07) is 6.81. The minimum absolute atomic E-state index is 0.259. The Morgan fingerprint density at radius 2 is 2.20 bits per heavy atom. The maximum absolute atomic E-state index is 12.1. The first kappa shape index (κ1) is 13.8. The lowest BCUT2D eigenvalue weighted by Crippen LogP contribution is -2.24. The third-order valence-corrected chi connectivity index (χ3v) is 2.76. The SMILES string of the molecule is COc1c(N)cccc1C(=O)NCc1ccnc(C)n1. The third-order valence-electron chi connectivity index (χ3n) is 2.76. The van der Waals surface area contributed by atoms with Gasteiger partial charge in [0.05, 0.1) is 30.6 Å². The smallest absolute Gasteiger partial charge is 0.255 e. The van der Waals surface area contributed by atoms with Crippen LogP contribution in [0.1, 0.15) is 21.9 Å². The van der Waals surface area contributed by atoms with Gasteiger partial charge in [0.25, 0.3) is 5.91 Å². The molecule has 104 valence electrons. The number of nitrogens with zero attached hydrogens (tertiary/aromatic N) is 2. The van der Waals surface area contributed by atoms with Crippen molar-refractivity contribution >= 4 is 11.6 Å². The second-order valence-electron chi connectivity index (χ2n) is 4.21. The van der Waals surface area contributed by atoms with Crippen LogP contribution in [0.2, 0.25) is 0 Å². The van der Waals surface area contributed by atoms with Gasteiger partial charge in [-0.1, -0.05) is 6.07 Å². The van der Waals surface area contributed by atoms with Crippen LogP contribution in [0.3, 0.4) is 0 Å². The summed E-state index contributed by atoms with van der Waals surface area (Å²) < 4.78 is 5.16. The lowest BCUT2D eigenvalue weighted by molar-refractivity contribution is 0.0947. The molecule has 1 heterocycles. The van der Waals surface area contributed by atoms with Gasteiger partial charge in [-0.25, -0.2) is 9.97 Å². The summed E-state index contributed by atoms with van der Waals surface area (Å²) >= 11 is 0. The molecule has 6 heteroatoms. The summed E-state index contributed by atoms with van der Waals surface area (Å²) in [6.07, 6.45) is 1.66. The van der Waals surface area contributed by atoms with E-state index in [0.29, 0.717) is 29.4 Å². The maximum Gasteiger partial charge on any atom is 0.255 e. The largest absolute Gasteiger partial charge is 0.494 e. The molecule has 2 aromatic rings. The van der Waals surface area contributed by atoms with Gasteiger partial charge in [0, 0.05) is 6.20 Å². The molecule has 20 heavy (non-hydrogen) atoms. The summed E-state index contributed by atoms with van der Waals surface area (Å²) in [6.45, 7) is 2.12. The molecule has 0 fully saturated rings. The predicted octanol–water partition coefficient (Wildman–Crippen LogP) is 1.31. The van der Waals surface area contributed by atoms with E-state index in [2.05, 4.69) is 15.3 Å². The van der Waals surface area contributed by atoms with Crippen LogP contribution in [0, 0.1) is 6.92 Å². The Labute approximate surface area is 117 Å². The monoisotopic (exact) mass is 272 g/mol. The molecule has 0 saturated heterocycles. The first-order chi connectivity index (χ1) is 9.61. The van der Waals surface area contributed by atoms with Gasteiger partial charge in [-0.15, -0.1) is 0 Å². The lowest BCUT2D eigenvalue weighted by Gasteiger charge is -2.11. The number of nitrogens with one attached hydrogen (secondary N) is 1. The third kappa shape index (κ3) is 3.03. The van der Waals surface area contributed by atoms with Crippen molar-refractivity contribution in [3.8, 4) is 5.75 Å². The van der Waals surface area contributed by atoms with Crippen LogP contribution < -0.4 is 15.8 Å². The van der Waals surface area contributed by atoms with Crippen LogP contribution >= 0.6 is 0 Å². The van der Waals surface area contributed by atoms with Crippen LogP contribution in [-0.2, 0) is 6.54 Å². The summed E-state index contributed by atoms with van der Waals surface area (Å²) in [5.41, 5.74) is 7.35. The number of carbonyl (C=O) groups is 1. The number of benzene rings is 1. The Morgan fingerprint density at radius 3 is 2.90 bits per heavy atom. The molecule has 2 rings (SSSR count). The van der Waals surface area contributed by atoms with E-state index >= 15 is 0 Å². The van der Waals surface area contributed by atoms with E-state index in [1.165, 1.54) is 7.11 Å². The molecule has 1 amide bonds. The van der Waals surface area contributed by atoms with Crippen molar-refractivity contribution in [2.75, 3.05) is 12.8 Å². The maximum atomic E-state index is 12.1. The Morgan fingerprint density at radius 1 is 1.40 bits per heavy atom. The Bertz CT molecular complexity index is 628. The van der Waals surface area contributed by atoms with E-state index in [0.717, 1.165) is 5.69 Å². The zero-order valence-electron chi connectivity index (χ0n) is 11.4. The number of nitrogen functional groups attached to an aromatic ring is 1.